The summed E-state index contributed by atoms with van der Waals surface area (Å²) in [4.78, 5) is 0. The van der Waals surface area contributed by atoms with Gasteiger partial charge in [-0.25, -0.2) is 0 Å². The van der Waals surface area contributed by atoms with E-state index in [9.17, 15) is 4.39 Å². The second-order valence-electron chi connectivity index (χ2n) is 11.6. The van der Waals surface area contributed by atoms with E-state index >= 15 is 0 Å². The predicted octanol–water partition coefficient (Wildman–Crippen LogP) is 9.28. The van der Waals surface area contributed by atoms with Crippen LogP contribution in [0.5, 0.6) is 0 Å². The number of hydrogen-bond donors (Lipinski definition) is 0. The summed E-state index contributed by atoms with van der Waals surface area (Å²) in [6, 6.07) is 9.12. The molecule has 0 N–H and O–H groups in total. The minimum Gasteiger partial charge on any atom is -0.251 e. The fraction of sp³-hybridized carbons (Fsp3) is 0.800. The highest BCUT2D eigenvalue weighted by Crippen LogP contribution is 2.43. The zero-order chi connectivity index (χ0) is 21.5. The minimum atomic E-state index is -0.201. The van der Waals surface area contributed by atoms with Crippen LogP contribution >= 0.6 is 0 Å². The van der Waals surface area contributed by atoms with Crippen LogP contribution in [0.15, 0.2) is 24.3 Å². The summed E-state index contributed by atoms with van der Waals surface area (Å²) in [5.41, 5.74) is 2.82. The summed E-state index contributed by atoms with van der Waals surface area (Å²) in [6.45, 7) is 2.25. The Labute approximate surface area is 191 Å². The maximum absolute atomic E-state index is 12.4. The standard InChI is InChI=1S/C30H47F/c1-23-4-14-27(15-5-23)28-18-10-25(11-19-28)6-7-26-12-20-30(21-13-26)29-16-8-24(9-17-29)3-2-22-31/h8-9,16-17,23,25-28,30H,2-7,10-15,18-22H2,1H3. The minimum absolute atomic E-state index is 0.201. The lowest BCUT2D eigenvalue weighted by Gasteiger charge is -2.37. The van der Waals surface area contributed by atoms with E-state index in [1.165, 1.54) is 101 Å². The fourth-order valence-electron chi connectivity index (χ4n) is 7.19. The second-order valence-corrected chi connectivity index (χ2v) is 11.6. The number of benzene rings is 1. The van der Waals surface area contributed by atoms with Crippen LogP contribution in [0.4, 0.5) is 4.39 Å². The zero-order valence-electron chi connectivity index (χ0n) is 20.2. The van der Waals surface area contributed by atoms with Crippen LogP contribution in [-0.2, 0) is 6.42 Å². The lowest BCUT2D eigenvalue weighted by molar-refractivity contribution is 0.143. The number of aryl methyl sites for hydroxylation is 1. The predicted molar refractivity (Wildman–Crippen MR) is 131 cm³/mol. The van der Waals surface area contributed by atoms with Gasteiger partial charge in [-0.2, -0.15) is 0 Å². The number of hydrogen-bond acceptors (Lipinski definition) is 0. The highest BCUT2D eigenvalue weighted by Gasteiger charge is 2.30. The third-order valence-electron chi connectivity index (χ3n) is 9.50. The molecule has 0 unspecified atom stereocenters. The van der Waals surface area contributed by atoms with Crippen molar-refractivity contribution in [3.63, 3.8) is 0 Å². The van der Waals surface area contributed by atoms with Gasteiger partial charge in [0.05, 0.1) is 6.67 Å². The molecule has 174 valence electrons. The van der Waals surface area contributed by atoms with Crippen molar-refractivity contribution in [2.45, 2.75) is 116 Å². The van der Waals surface area contributed by atoms with E-state index in [2.05, 4.69) is 31.2 Å². The highest BCUT2D eigenvalue weighted by atomic mass is 19.1. The molecule has 4 rings (SSSR count). The second kappa shape index (κ2) is 11.9. The van der Waals surface area contributed by atoms with E-state index in [4.69, 9.17) is 0 Å². The first-order valence-electron chi connectivity index (χ1n) is 13.9. The van der Waals surface area contributed by atoms with Crippen molar-refractivity contribution in [1.82, 2.24) is 0 Å². The summed E-state index contributed by atoms with van der Waals surface area (Å²) >= 11 is 0. The normalized spacial score (nSPS) is 34.5. The van der Waals surface area contributed by atoms with Gasteiger partial charge in [0.15, 0.2) is 0 Å². The average molecular weight is 427 g/mol. The van der Waals surface area contributed by atoms with Gasteiger partial charge in [0.25, 0.3) is 0 Å². The molecule has 0 bridgehead atoms. The van der Waals surface area contributed by atoms with Crippen molar-refractivity contribution in [2.24, 2.45) is 29.6 Å². The van der Waals surface area contributed by atoms with E-state index in [1.807, 2.05) is 0 Å². The molecule has 0 atom stereocenters. The van der Waals surface area contributed by atoms with Crippen molar-refractivity contribution in [2.75, 3.05) is 6.67 Å². The lowest BCUT2D eigenvalue weighted by Crippen LogP contribution is -2.25. The maximum atomic E-state index is 12.4. The molecule has 3 aliphatic carbocycles. The molecule has 1 heteroatoms. The smallest absolute Gasteiger partial charge is 0.0897 e. The molecule has 3 saturated carbocycles. The Morgan fingerprint density at radius 1 is 0.677 bits per heavy atom. The Balaban J connectivity index is 1.12. The van der Waals surface area contributed by atoms with Crippen LogP contribution in [0.3, 0.4) is 0 Å². The molecule has 0 spiro atoms. The Hall–Kier alpha value is -0.850. The van der Waals surface area contributed by atoms with Crippen molar-refractivity contribution >= 4 is 0 Å². The molecule has 3 aliphatic rings. The molecular weight excluding hydrogens is 379 g/mol. The Morgan fingerprint density at radius 3 is 1.74 bits per heavy atom. The summed E-state index contributed by atoms with van der Waals surface area (Å²) in [6.07, 6.45) is 22.3. The van der Waals surface area contributed by atoms with Gasteiger partial charge < -0.3 is 0 Å². The van der Waals surface area contributed by atoms with Gasteiger partial charge >= 0.3 is 0 Å². The van der Waals surface area contributed by atoms with E-state index in [0.29, 0.717) is 6.42 Å². The lowest BCUT2D eigenvalue weighted by atomic mass is 9.68. The molecule has 1 aromatic carbocycles. The van der Waals surface area contributed by atoms with E-state index in [0.717, 1.165) is 41.9 Å². The van der Waals surface area contributed by atoms with E-state index in [1.54, 1.807) is 0 Å². The SMILES string of the molecule is CC1CCC(C2CCC(CCC3CCC(c4ccc(CCCF)cc4)CC3)CC2)CC1. The number of rotatable bonds is 8. The van der Waals surface area contributed by atoms with E-state index < -0.39 is 0 Å². The summed E-state index contributed by atoms with van der Waals surface area (Å²) < 4.78 is 12.4. The third-order valence-corrected chi connectivity index (χ3v) is 9.50. The molecule has 0 saturated heterocycles. The molecule has 0 nitrogen and oxygen atoms in total. The molecule has 0 radical (unpaired) electrons. The first-order chi connectivity index (χ1) is 15.2. The van der Waals surface area contributed by atoms with Gasteiger partial charge in [-0.05, 0) is 111 Å². The summed E-state index contributed by atoms with van der Waals surface area (Å²) in [5, 5.41) is 0. The molecule has 0 heterocycles. The van der Waals surface area contributed by atoms with Crippen molar-refractivity contribution in [3.8, 4) is 0 Å². The first kappa shape index (κ1) is 23.3. The fourth-order valence-corrected chi connectivity index (χ4v) is 7.19. The van der Waals surface area contributed by atoms with Crippen molar-refractivity contribution < 1.29 is 4.39 Å². The van der Waals surface area contributed by atoms with Crippen LogP contribution in [0.25, 0.3) is 0 Å². The molecule has 0 aromatic heterocycles. The average Bonchev–Trinajstić information content (AvgIpc) is 2.83. The zero-order valence-corrected chi connectivity index (χ0v) is 20.2. The Morgan fingerprint density at radius 2 is 1.19 bits per heavy atom. The van der Waals surface area contributed by atoms with Gasteiger partial charge in [-0.15, -0.1) is 0 Å². The first-order valence-corrected chi connectivity index (χ1v) is 13.9. The van der Waals surface area contributed by atoms with Gasteiger partial charge in [0, 0.05) is 0 Å². The monoisotopic (exact) mass is 426 g/mol. The summed E-state index contributed by atoms with van der Waals surface area (Å²) in [7, 11) is 0. The van der Waals surface area contributed by atoms with Crippen molar-refractivity contribution in [1.29, 1.82) is 0 Å². The molecular formula is C30H47F. The molecule has 0 aliphatic heterocycles. The van der Waals surface area contributed by atoms with E-state index in [-0.39, 0.29) is 6.67 Å². The summed E-state index contributed by atoms with van der Waals surface area (Å²) in [5.74, 6) is 5.92. The third kappa shape index (κ3) is 6.82. The van der Waals surface area contributed by atoms with Crippen LogP contribution in [-0.4, -0.2) is 6.67 Å². The Kier molecular flexibility index (Phi) is 8.91. The largest absolute Gasteiger partial charge is 0.251 e. The topological polar surface area (TPSA) is 0 Å². The van der Waals surface area contributed by atoms with Gasteiger partial charge in [0.2, 0.25) is 0 Å². The molecule has 0 amide bonds. The van der Waals surface area contributed by atoms with Crippen LogP contribution in [0, 0.1) is 29.6 Å². The maximum Gasteiger partial charge on any atom is 0.0897 e. The van der Waals surface area contributed by atoms with Crippen molar-refractivity contribution in [3.05, 3.63) is 35.4 Å². The van der Waals surface area contributed by atoms with Crippen LogP contribution in [0.1, 0.15) is 120 Å². The highest BCUT2D eigenvalue weighted by molar-refractivity contribution is 5.26. The molecule has 1 aromatic rings. The number of alkyl halides is 1. The van der Waals surface area contributed by atoms with Crippen LogP contribution < -0.4 is 0 Å². The number of halogens is 1. The van der Waals surface area contributed by atoms with Gasteiger partial charge in [-0.1, -0.05) is 69.7 Å². The quantitative estimate of drug-likeness (QED) is 0.388. The van der Waals surface area contributed by atoms with Gasteiger partial charge in [0.1, 0.15) is 0 Å². The molecule has 31 heavy (non-hydrogen) atoms. The van der Waals surface area contributed by atoms with Crippen LogP contribution in [0.2, 0.25) is 0 Å². The molecule has 3 fully saturated rings. The Bertz CT molecular complexity index is 610. The van der Waals surface area contributed by atoms with Gasteiger partial charge in [-0.3, -0.25) is 4.39 Å².